The zero-order valence-corrected chi connectivity index (χ0v) is 12.0. The van der Waals surface area contributed by atoms with Crippen LogP contribution in [0.4, 0.5) is 9.59 Å². The zero-order chi connectivity index (χ0) is 15.0. The SMILES string of the molecule is CC(C)C.CC=C(C)C.N.O=C(O)O.O=C(O)O. The first-order valence-corrected chi connectivity index (χ1v) is 4.90. The lowest BCUT2D eigenvalue weighted by Crippen LogP contribution is -1.81. The fourth-order valence-corrected chi connectivity index (χ4v) is 0. The van der Waals surface area contributed by atoms with Crippen molar-refractivity contribution in [2.45, 2.75) is 41.5 Å². The quantitative estimate of drug-likeness (QED) is 0.412. The third kappa shape index (κ3) is 43300. The zero-order valence-electron chi connectivity index (χ0n) is 12.0. The van der Waals surface area contributed by atoms with Crippen LogP contribution in [0.1, 0.15) is 41.5 Å². The molecule has 0 bridgehead atoms. The molecule has 112 valence electrons. The summed E-state index contributed by atoms with van der Waals surface area (Å²) in [4.78, 5) is 17.1. The fourth-order valence-electron chi connectivity index (χ4n) is 0. The predicted octanol–water partition coefficient (Wildman–Crippen LogP) is 4.24. The van der Waals surface area contributed by atoms with Crippen molar-refractivity contribution < 1.29 is 30.0 Å². The molecule has 0 aromatic rings. The van der Waals surface area contributed by atoms with Gasteiger partial charge >= 0.3 is 12.3 Å². The maximum absolute atomic E-state index is 8.56. The third-order valence-corrected chi connectivity index (χ3v) is 0.577. The Bertz CT molecular complexity index is 187. The smallest absolute Gasteiger partial charge is 0.450 e. The van der Waals surface area contributed by atoms with Gasteiger partial charge in [-0.1, -0.05) is 32.4 Å². The minimum Gasteiger partial charge on any atom is -0.450 e. The summed E-state index contributed by atoms with van der Waals surface area (Å²) in [6.07, 6.45) is -1.58. The van der Waals surface area contributed by atoms with Gasteiger partial charge in [0.2, 0.25) is 0 Å². The largest absolute Gasteiger partial charge is 0.503 e. The Labute approximate surface area is 108 Å². The highest BCUT2D eigenvalue weighted by Crippen LogP contribution is 1.82. The van der Waals surface area contributed by atoms with Crippen molar-refractivity contribution in [2.75, 3.05) is 0 Å². The Morgan fingerprint density at radius 2 is 0.944 bits per heavy atom. The van der Waals surface area contributed by atoms with E-state index in [2.05, 4.69) is 40.7 Å². The van der Waals surface area contributed by atoms with Gasteiger partial charge < -0.3 is 26.6 Å². The molecule has 0 aliphatic carbocycles. The Morgan fingerprint density at radius 1 is 0.889 bits per heavy atom. The van der Waals surface area contributed by atoms with E-state index in [4.69, 9.17) is 30.0 Å². The molecule has 18 heavy (non-hydrogen) atoms. The maximum Gasteiger partial charge on any atom is 0.503 e. The van der Waals surface area contributed by atoms with E-state index in [0.29, 0.717) is 0 Å². The second-order valence-corrected chi connectivity index (χ2v) is 3.66. The Hall–Kier alpha value is -1.76. The van der Waals surface area contributed by atoms with Crippen molar-refractivity contribution in [3.8, 4) is 0 Å². The van der Waals surface area contributed by atoms with E-state index in [0.717, 1.165) is 5.92 Å². The van der Waals surface area contributed by atoms with E-state index in [1.807, 2.05) is 6.92 Å². The summed E-state index contributed by atoms with van der Waals surface area (Å²) in [5.41, 5.74) is 1.38. The first-order chi connectivity index (χ1) is 7.47. The maximum atomic E-state index is 8.56. The number of rotatable bonds is 0. The van der Waals surface area contributed by atoms with E-state index in [1.165, 1.54) is 5.57 Å². The monoisotopic (exact) mass is 269 g/mol. The molecule has 0 aliphatic rings. The fraction of sp³-hybridized carbons (Fsp3) is 0.636. The number of hydrogen-bond acceptors (Lipinski definition) is 3. The normalized spacial score (nSPS) is 6.61. The van der Waals surface area contributed by atoms with Gasteiger partial charge in [0.05, 0.1) is 0 Å². The molecule has 7 heteroatoms. The van der Waals surface area contributed by atoms with Crippen LogP contribution in [0.25, 0.3) is 0 Å². The van der Waals surface area contributed by atoms with E-state index in [1.54, 1.807) is 0 Å². The Morgan fingerprint density at radius 3 is 0.944 bits per heavy atom. The van der Waals surface area contributed by atoms with E-state index >= 15 is 0 Å². The van der Waals surface area contributed by atoms with Crippen LogP contribution in [0.2, 0.25) is 0 Å². The van der Waals surface area contributed by atoms with Gasteiger partial charge in [0.1, 0.15) is 0 Å². The Kier molecular flexibility index (Phi) is 40.6. The molecule has 0 saturated heterocycles. The van der Waals surface area contributed by atoms with Gasteiger partial charge in [0, 0.05) is 0 Å². The van der Waals surface area contributed by atoms with Crippen molar-refractivity contribution in [2.24, 2.45) is 5.92 Å². The molecule has 7 nitrogen and oxygen atoms in total. The van der Waals surface area contributed by atoms with E-state index in [9.17, 15) is 0 Å². The average molecular weight is 269 g/mol. The van der Waals surface area contributed by atoms with Gasteiger partial charge in [0.25, 0.3) is 0 Å². The average Bonchev–Trinajstić information content (AvgIpc) is 2.00. The van der Waals surface area contributed by atoms with Crippen molar-refractivity contribution in [3.63, 3.8) is 0 Å². The van der Waals surface area contributed by atoms with Crippen LogP contribution in [-0.2, 0) is 0 Å². The van der Waals surface area contributed by atoms with Crippen LogP contribution in [0.15, 0.2) is 11.6 Å². The Balaban J connectivity index is -0.0000000412. The van der Waals surface area contributed by atoms with Gasteiger partial charge in [-0.05, 0) is 26.7 Å². The lowest BCUT2D eigenvalue weighted by atomic mass is 10.3. The molecule has 0 atom stereocenters. The highest BCUT2D eigenvalue weighted by molar-refractivity contribution is 5.53. The van der Waals surface area contributed by atoms with Gasteiger partial charge in [-0.25, -0.2) is 9.59 Å². The molecule has 7 N–H and O–H groups in total. The van der Waals surface area contributed by atoms with Crippen LogP contribution < -0.4 is 6.15 Å². The summed E-state index contributed by atoms with van der Waals surface area (Å²) in [6, 6.07) is 0. The molecule has 0 fully saturated rings. The second-order valence-electron chi connectivity index (χ2n) is 3.66. The molecule has 0 aromatic carbocycles. The van der Waals surface area contributed by atoms with Crippen molar-refractivity contribution in [1.29, 1.82) is 0 Å². The van der Waals surface area contributed by atoms with Crippen LogP contribution in [0, 0.1) is 5.92 Å². The van der Waals surface area contributed by atoms with Gasteiger partial charge in [-0.2, -0.15) is 0 Å². The van der Waals surface area contributed by atoms with Gasteiger partial charge in [0.15, 0.2) is 0 Å². The number of hydrogen-bond donors (Lipinski definition) is 5. The van der Waals surface area contributed by atoms with Gasteiger partial charge in [-0.15, -0.1) is 0 Å². The molecular formula is C11H27NO6. The third-order valence-electron chi connectivity index (χ3n) is 0.577. The minimum absolute atomic E-state index is 0. The lowest BCUT2D eigenvalue weighted by Gasteiger charge is -1.79. The molecule has 0 radical (unpaired) electrons. The highest BCUT2D eigenvalue weighted by Gasteiger charge is 1.70. The molecule has 0 aromatic heterocycles. The molecule has 0 heterocycles. The molecule has 0 amide bonds. The van der Waals surface area contributed by atoms with Crippen LogP contribution in [0.3, 0.4) is 0 Å². The van der Waals surface area contributed by atoms with Crippen molar-refractivity contribution >= 4 is 12.3 Å². The van der Waals surface area contributed by atoms with Gasteiger partial charge in [-0.3, -0.25) is 0 Å². The number of allylic oxidation sites excluding steroid dienone is 2. The van der Waals surface area contributed by atoms with E-state index in [-0.39, 0.29) is 6.15 Å². The summed E-state index contributed by atoms with van der Waals surface area (Å²) in [5.74, 6) is 0.833. The van der Waals surface area contributed by atoms with Crippen molar-refractivity contribution in [1.82, 2.24) is 6.15 Å². The topological polar surface area (TPSA) is 150 Å². The summed E-state index contributed by atoms with van der Waals surface area (Å²) in [7, 11) is 0. The molecule has 0 unspecified atom stereocenters. The summed E-state index contributed by atoms with van der Waals surface area (Å²) >= 11 is 0. The molecule has 0 saturated carbocycles. The highest BCUT2D eigenvalue weighted by atomic mass is 16.6. The molecule has 0 spiro atoms. The molecule has 0 rings (SSSR count). The number of carbonyl (C=O) groups is 2. The minimum atomic E-state index is -1.83. The lowest BCUT2D eigenvalue weighted by molar-refractivity contribution is 0.135. The first kappa shape index (κ1) is 29.9. The first-order valence-electron chi connectivity index (χ1n) is 4.90. The van der Waals surface area contributed by atoms with Crippen molar-refractivity contribution in [3.05, 3.63) is 11.6 Å². The van der Waals surface area contributed by atoms with E-state index < -0.39 is 12.3 Å². The predicted molar refractivity (Wildman–Crippen MR) is 71.9 cm³/mol. The van der Waals surface area contributed by atoms with Crippen LogP contribution in [-0.4, -0.2) is 32.7 Å². The summed E-state index contributed by atoms with van der Waals surface area (Å²) in [6.45, 7) is 12.7. The molecule has 0 aliphatic heterocycles. The van der Waals surface area contributed by atoms with Crippen LogP contribution >= 0.6 is 0 Å². The summed E-state index contributed by atoms with van der Waals surface area (Å²) in [5, 5.41) is 27.9. The molecular weight excluding hydrogens is 242 g/mol. The second kappa shape index (κ2) is 24.5. The summed E-state index contributed by atoms with van der Waals surface area (Å²) < 4.78 is 0. The standard InChI is InChI=1S/C5H10.C4H10.2CH2O3.H3N/c1-4-5(2)3;1-4(2)3;2*2-1(3)4;/h4H,1-3H3;4H,1-3H3;2*(H2,2,3,4);1H3. The van der Waals surface area contributed by atoms with Crippen LogP contribution in [0.5, 0.6) is 0 Å². The number of carboxylic acid groups (broad SMARTS) is 4.